The first-order valence-corrected chi connectivity index (χ1v) is 7.16. The molecule has 1 aromatic rings. The van der Waals surface area contributed by atoms with Crippen molar-refractivity contribution in [3.63, 3.8) is 0 Å². The van der Waals surface area contributed by atoms with Crippen LogP contribution in [0.2, 0.25) is 5.02 Å². The molecule has 0 saturated heterocycles. The van der Waals surface area contributed by atoms with Gasteiger partial charge in [0.1, 0.15) is 0 Å². The molecule has 19 heavy (non-hydrogen) atoms. The molecule has 1 aromatic carbocycles. The lowest BCUT2D eigenvalue weighted by molar-refractivity contribution is -0.184. The molecule has 0 aliphatic rings. The molecule has 3 nitrogen and oxygen atoms in total. The smallest absolute Gasteiger partial charge is 0.325 e. The van der Waals surface area contributed by atoms with Crippen LogP contribution in [-0.4, -0.2) is 24.6 Å². The highest BCUT2D eigenvalue weighted by Gasteiger charge is 2.08. The molecule has 106 valence electrons. The number of carbonyl (C=O) groups is 1. The minimum atomic E-state index is -0.157. The average molecular weight is 284 g/mol. The van der Waals surface area contributed by atoms with Crippen LogP contribution < -0.4 is 0 Å². The average Bonchev–Trinajstić information content (AvgIpc) is 2.38. The number of unbranched alkanes of at least 4 members (excludes halogenated alkanes) is 2. The maximum absolute atomic E-state index is 11.5. The largest absolute Gasteiger partial charge is 0.368 e. The minimum absolute atomic E-state index is 0.157. The van der Waals surface area contributed by atoms with Gasteiger partial charge >= 0.3 is 5.97 Å². The lowest BCUT2D eigenvalue weighted by Crippen LogP contribution is -2.25. The van der Waals surface area contributed by atoms with Crippen LogP contribution in [0.15, 0.2) is 24.3 Å². The molecule has 0 atom stereocenters. The highest BCUT2D eigenvalue weighted by atomic mass is 35.5. The summed E-state index contributed by atoms with van der Waals surface area (Å²) in [6.45, 7) is 2.75. The van der Waals surface area contributed by atoms with Crippen LogP contribution in [-0.2, 0) is 16.1 Å². The summed E-state index contributed by atoms with van der Waals surface area (Å²) in [5.74, 6) is -0.157. The van der Waals surface area contributed by atoms with Crippen molar-refractivity contribution in [2.75, 3.05) is 13.6 Å². The molecule has 0 fully saturated rings. The molecule has 0 N–H and O–H groups in total. The van der Waals surface area contributed by atoms with Crippen LogP contribution >= 0.6 is 11.6 Å². The molecule has 1 rings (SSSR count). The first kappa shape index (κ1) is 16.0. The summed E-state index contributed by atoms with van der Waals surface area (Å²) >= 11 is 6.07. The maximum atomic E-state index is 11.5. The second-order valence-electron chi connectivity index (χ2n) is 4.61. The summed E-state index contributed by atoms with van der Waals surface area (Å²) in [6, 6.07) is 7.72. The highest BCUT2D eigenvalue weighted by Crippen LogP contribution is 2.15. The Morgan fingerprint density at radius 3 is 2.74 bits per heavy atom. The van der Waals surface area contributed by atoms with E-state index in [9.17, 15) is 4.79 Å². The summed E-state index contributed by atoms with van der Waals surface area (Å²) < 4.78 is 0. The minimum Gasteiger partial charge on any atom is -0.368 e. The van der Waals surface area contributed by atoms with Gasteiger partial charge in [-0.15, -0.1) is 5.06 Å². The second-order valence-corrected chi connectivity index (χ2v) is 5.02. The van der Waals surface area contributed by atoms with Crippen molar-refractivity contribution in [3.8, 4) is 0 Å². The Bertz CT molecular complexity index is 395. The first-order chi connectivity index (χ1) is 9.13. The van der Waals surface area contributed by atoms with Crippen molar-refractivity contribution >= 4 is 17.6 Å². The van der Waals surface area contributed by atoms with E-state index in [1.807, 2.05) is 24.3 Å². The van der Waals surface area contributed by atoms with Gasteiger partial charge < -0.3 is 4.84 Å². The van der Waals surface area contributed by atoms with Gasteiger partial charge in [-0.3, -0.25) is 4.79 Å². The lowest BCUT2D eigenvalue weighted by Gasteiger charge is -2.16. The van der Waals surface area contributed by atoms with Crippen molar-refractivity contribution in [2.45, 2.75) is 39.0 Å². The Morgan fingerprint density at radius 1 is 1.32 bits per heavy atom. The molecule has 0 heterocycles. The van der Waals surface area contributed by atoms with Crippen LogP contribution in [0.5, 0.6) is 0 Å². The zero-order valence-electron chi connectivity index (χ0n) is 11.7. The van der Waals surface area contributed by atoms with Gasteiger partial charge in [0.25, 0.3) is 0 Å². The van der Waals surface area contributed by atoms with Gasteiger partial charge in [-0.1, -0.05) is 49.6 Å². The van der Waals surface area contributed by atoms with Crippen molar-refractivity contribution < 1.29 is 9.63 Å². The van der Waals surface area contributed by atoms with Gasteiger partial charge in [0.2, 0.25) is 0 Å². The SMILES string of the molecule is CCCCCC(=O)ON(C)CCc1ccccc1Cl. The van der Waals surface area contributed by atoms with Crippen LogP contribution in [0.3, 0.4) is 0 Å². The molecule has 4 heteroatoms. The van der Waals surface area contributed by atoms with Crippen molar-refractivity contribution in [1.82, 2.24) is 5.06 Å². The quantitative estimate of drug-likeness (QED) is 0.536. The van der Waals surface area contributed by atoms with Gasteiger partial charge in [-0.05, 0) is 24.5 Å². The van der Waals surface area contributed by atoms with Gasteiger partial charge in [0.05, 0.1) is 0 Å². The van der Waals surface area contributed by atoms with E-state index in [0.29, 0.717) is 13.0 Å². The van der Waals surface area contributed by atoms with Crippen LogP contribution in [0, 0.1) is 0 Å². The number of carbonyl (C=O) groups excluding carboxylic acids is 1. The monoisotopic (exact) mass is 283 g/mol. The molecule has 0 radical (unpaired) electrons. The molecule has 0 unspecified atom stereocenters. The van der Waals surface area contributed by atoms with Gasteiger partial charge in [0, 0.05) is 25.0 Å². The molecule has 0 aliphatic heterocycles. The van der Waals surface area contributed by atoms with E-state index in [-0.39, 0.29) is 5.97 Å². The molecule has 0 amide bonds. The van der Waals surface area contributed by atoms with Gasteiger partial charge in [0.15, 0.2) is 0 Å². The molecular weight excluding hydrogens is 262 g/mol. The molecule has 0 bridgehead atoms. The topological polar surface area (TPSA) is 29.5 Å². The summed E-state index contributed by atoms with van der Waals surface area (Å²) in [5.41, 5.74) is 1.07. The van der Waals surface area contributed by atoms with Crippen molar-refractivity contribution in [3.05, 3.63) is 34.9 Å². The Morgan fingerprint density at radius 2 is 2.05 bits per heavy atom. The van der Waals surface area contributed by atoms with Gasteiger partial charge in [-0.2, -0.15) is 0 Å². The van der Waals surface area contributed by atoms with E-state index in [1.165, 1.54) is 0 Å². The number of halogens is 1. The predicted molar refractivity (Wildman–Crippen MR) is 78.0 cm³/mol. The Kier molecular flexibility index (Phi) is 7.53. The molecule has 0 aromatic heterocycles. The summed E-state index contributed by atoms with van der Waals surface area (Å²) in [5, 5.41) is 2.34. The van der Waals surface area contributed by atoms with E-state index in [4.69, 9.17) is 16.4 Å². The molecule has 0 spiro atoms. The van der Waals surface area contributed by atoms with Crippen molar-refractivity contribution in [2.24, 2.45) is 0 Å². The maximum Gasteiger partial charge on any atom is 0.325 e. The normalized spacial score (nSPS) is 10.7. The number of rotatable bonds is 8. The number of hydroxylamine groups is 2. The summed E-state index contributed by atoms with van der Waals surface area (Å²) in [4.78, 5) is 16.7. The fraction of sp³-hybridized carbons (Fsp3) is 0.533. The fourth-order valence-electron chi connectivity index (χ4n) is 1.76. The third-order valence-electron chi connectivity index (χ3n) is 2.90. The van der Waals surface area contributed by atoms with Crippen LogP contribution in [0.1, 0.15) is 38.2 Å². The van der Waals surface area contributed by atoms with Crippen molar-refractivity contribution in [1.29, 1.82) is 0 Å². The van der Waals surface area contributed by atoms with Crippen LogP contribution in [0.25, 0.3) is 0 Å². The number of hydrogen-bond acceptors (Lipinski definition) is 3. The summed E-state index contributed by atoms with van der Waals surface area (Å²) in [6.07, 6.45) is 4.32. The van der Waals surface area contributed by atoms with E-state index < -0.39 is 0 Å². The predicted octanol–water partition coefficient (Wildman–Crippen LogP) is 3.85. The first-order valence-electron chi connectivity index (χ1n) is 6.78. The fourth-order valence-corrected chi connectivity index (χ4v) is 1.99. The highest BCUT2D eigenvalue weighted by molar-refractivity contribution is 6.31. The molecule has 0 aliphatic carbocycles. The lowest BCUT2D eigenvalue weighted by atomic mass is 10.1. The second kappa shape index (κ2) is 8.94. The third kappa shape index (κ3) is 6.60. The Hall–Kier alpha value is -1.06. The van der Waals surface area contributed by atoms with Crippen LogP contribution in [0.4, 0.5) is 0 Å². The van der Waals surface area contributed by atoms with Gasteiger partial charge in [-0.25, -0.2) is 0 Å². The zero-order chi connectivity index (χ0) is 14.1. The van der Waals surface area contributed by atoms with E-state index in [1.54, 1.807) is 12.1 Å². The Labute approximate surface area is 120 Å². The Balaban J connectivity index is 2.26. The molecular formula is C15H22ClNO2. The van der Waals surface area contributed by atoms with E-state index in [2.05, 4.69) is 6.92 Å². The number of likely N-dealkylation sites (N-methyl/N-ethyl adjacent to an activating group) is 1. The number of benzene rings is 1. The van der Waals surface area contributed by atoms with E-state index >= 15 is 0 Å². The number of hydrogen-bond donors (Lipinski definition) is 0. The third-order valence-corrected chi connectivity index (χ3v) is 3.26. The summed E-state index contributed by atoms with van der Waals surface area (Å²) in [7, 11) is 1.77. The zero-order valence-corrected chi connectivity index (χ0v) is 12.4. The number of nitrogens with zero attached hydrogens (tertiary/aromatic N) is 1. The standard InChI is InChI=1S/C15H22ClNO2/c1-3-4-5-10-15(18)19-17(2)12-11-13-8-6-7-9-14(13)16/h6-9H,3-5,10-12H2,1-2H3. The molecule has 0 saturated carbocycles. The van der Waals surface area contributed by atoms with E-state index in [0.717, 1.165) is 36.3 Å².